The van der Waals surface area contributed by atoms with Crippen molar-refractivity contribution in [2.75, 3.05) is 13.1 Å². The van der Waals surface area contributed by atoms with Gasteiger partial charge >= 0.3 is 0 Å². The Labute approximate surface area is 129 Å². The van der Waals surface area contributed by atoms with Crippen LogP contribution < -0.4 is 0 Å². The summed E-state index contributed by atoms with van der Waals surface area (Å²) in [4.78, 5) is 13.9. The Hall–Kier alpha value is -1.65. The minimum atomic E-state index is 0.190. The van der Waals surface area contributed by atoms with Crippen molar-refractivity contribution in [2.45, 2.75) is 25.6 Å². The van der Waals surface area contributed by atoms with E-state index >= 15 is 0 Å². The minimum Gasteiger partial charge on any atom is -0.370 e. The quantitative estimate of drug-likeness (QED) is 0.820. The average molecular weight is 301 g/mol. The number of likely N-dealkylation sites (tertiary alicyclic amines) is 1. The smallest absolute Gasteiger partial charge is 0.223 e. The Kier molecular flexibility index (Phi) is 4.68. The molecule has 1 fully saturated rings. The molecule has 1 saturated heterocycles. The van der Waals surface area contributed by atoms with Crippen molar-refractivity contribution in [2.24, 2.45) is 0 Å². The van der Waals surface area contributed by atoms with Gasteiger partial charge in [-0.05, 0) is 34.4 Å². The standard InChI is InChI=1S/C17H19NO2S/c19-17(7-6-15-8-9-21-13-15)18-10-16(11-18)20-12-14-4-2-1-3-5-14/h1-5,8-9,13,16H,6-7,10-12H2. The van der Waals surface area contributed by atoms with Gasteiger partial charge in [0, 0.05) is 19.5 Å². The molecule has 0 N–H and O–H groups in total. The molecule has 1 aliphatic rings. The fourth-order valence-corrected chi connectivity index (χ4v) is 3.08. The largest absolute Gasteiger partial charge is 0.370 e. The molecule has 2 aromatic rings. The van der Waals surface area contributed by atoms with Crippen LogP contribution in [0.25, 0.3) is 0 Å². The van der Waals surface area contributed by atoms with Crippen LogP contribution in [0.5, 0.6) is 0 Å². The number of carbonyl (C=O) groups is 1. The topological polar surface area (TPSA) is 29.5 Å². The predicted octanol–water partition coefficient (Wildman–Crippen LogP) is 3.11. The average Bonchev–Trinajstić information content (AvgIpc) is 2.98. The molecule has 0 saturated carbocycles. The number of amides is 1. The zero-order chi connectivity index (χ0) is 14.5. The van der Waals surface area contributed by atoms with Crippen LogP contribution in [0.3, 0.4) is 0 Å². The SMILES string of the molecule is O=C(CCc1ccsc1)N1CC(OCc2ccccc2)C1. The van der Waals surface area contributed by atoms with E-state index in [4.69, 9.17) is 4.74 Å². The van der Waals surface area contributed by atoms with E-state index in [-0.39, 0.29) is 12.0 Å². The van der Waals surface area contributed by atoms with Crippen LogP contribution in [0, 0.1) is 0 Å². The van der Waals surface area contributed by atoms with Crippen molar-refractivity contribution in [3.8, 4) is 0 Å². The molecule has 4 heteroatoms. The van der Waals surface area contributed by atoms with E-state index in [1.165, 1.54) is 11.1 Å². The fraction of sp³-hybridized carbons (Fsp3) is 0.353. The predicted molar refractivity (Wildman–Crippen MR) is 84.2 cm³/mol. The van der Waals surface area contributed by atoms with Gasteiger partial charge in [0.25, 0.3) is 0 Å². The van der Waals surface area contributed by atoms with Gasteiger partial charge in [0.15, 0.2) is 0 Å². The van der Waals surface area contributed by atoms with E-state index in [0.717, 1.165) is 19.5 Å². The summed E-state index contributed by atoms with van der Waals surface area (Å²) in [6, 6.07) is 12.2. The number of benzene rings is 1. The maximum absolute atomic E-state index is 12.0. The molecule has 3 rings (SSSR count). The third-order valence-electron chi connectivity index (χ3n) is 3.74. The van der Waals surface area contributed by atoms with Gasteiger partial charge in [-0.1, -0.05) is 30.3 Å². The molecule has 21 heavy (non-hydrogen) atoms. The van der Waals surface area contributed by atoms with E-state index in [1.54, 1.807) is 11.3 Å². The summed E-state index contributed by atoms with van der Waals surface area (Å²) in [7, 11) is 0. The fourth-order valence-electron chi connectivity index (χ4n) is 2.38. The molecular weight excluding hydrogens is 282 g/mol. The minimum absolute atomic E-state index is 0.190. The molecule has 1 aliphatic heterocycles. The van der Waals surface area contributed by atoms with Crippen molar-refractivity contribution in [1.82, 2.24) is 4.90 Å². The van der Waals surface area contributed by atoms with Gasteiger partial charge in [0.05, 0.1) is 12.7 Å². The molecule has 0 unspecified atom stereocenters. The number of hydrogen-bond acceptors (Lipinski definition) is 3. The molecule has 110 valence electrons. The zero-order valence-electron chi connectivity index (χ0n) is 11.9. The molecule has 1 aromatic carbocycles. The van der Waals surface area contributed by atoms with Crippen molar-refractivity contribution in [3.05, 3.63) is 58.3 Å². The van der Waals surface area contributed by atoms with Gasteiger partial charge < -0.3 is 9.64 Å². The normalized spacial score (nSPS) is 15.0. The molecule has 1 aromatic heterocycles. The highest BCUT2D eigenvalue weighted by molar-refractivity contribution is 7.07. The Bertz CT molecular complexity index is 562. The van der Waals surface area contributed by atoms with E-state index in [1.807, 2.05) is 23.1 Å². The molecule has 0 atom stereocenters. The van der Waals surface area contributed by atoms with Crippen LogP contribution in [0.1, 0.15) is 17.5 Å². The summed E-state index contributed by atoms with van der Waals surface area (Å²) in [5, 5.41) is 4.16. The van der Waals surface area contributed by atoms with Crippen molar-refractivity contribution < 1.29 is 9.53 Å². The monoisotopic (exact) mass is 301 g/mol. The van der Waals surface area contributed by atoms with E-state index in [0.29, 0.717) is 13.0 Å². The molecule has 3 nitrogen and oxygen atoms in total. The first-order chi connectivity index (χ1) is 10.3. The van der Waals surface area contributed by atoms with Gasteiger partial charge in [-0.2, -0.15) is 11.3 Å². The number of nitrogens with zero attached hydrogens (tertiary/aromatic N) is 1. The number of aryl methyl sites for hydroxylation is 1. The highest BCUT2D eigenvalue weighted by Crippen LogP contribution is 2.16. The number of hydrogen-bond donors (Lipinski definition) is 0. The third-order valence-corrected chi connectivity index (χ3v) is 4.47. The van der Waals surface area contributed by atoms with Gasteiger partial charge in [0.2, 0.25) is 5.91 Å². The van der Waals surface area contributed by atoms with Crippen LogP contribution in [-0.4, -0.2) is 30.0 Å². The van der Waals surface area contributed by atoms with Gasteiger partial charge in [-0.25, -0.2) is 0 Å². The maximum atomic E-state index is 12.0. The van der Waals surface area contributed by atoms with Gasteiger partial charge in [-0.15, -0.1) is 0 Å². The number of carbonyl (C=O) groups excluding carboxylic acids is 1. The summed E-state index contributed by atoms with van der Waals surface area (Å²) in [6.07, 6.45) is 1.63. The lowest BCUT2D eigenvalue weighted by atomic mass is 10.1. The first-order valence-corrected chi connectivity index (χ1v) is 8.20. The van der Waals surface area contributed by atoms with Crippen molar-refractivity contribution >= 4 is 17.2 Å². The van der Waals surface area contributed by atoms with Crippen LogP contribution >= 0.6 is 11.3 Å². The first-order valence-electron chi connectivity index (χ1n) is 7.25. The number of thiophene rings is 1. The Morgan fingerprint density at radius 3 is 2.71 bits per heavy atom. The highest BCUT2D eigenvalue weighted by Gasteiger charge is 2.30. The first kappa shape index (κ1) is 14.3. The summed E-state index contributed by atoms with van der Waals surface area (Å²) < 4.78 is 5.80. The summed E-state index contributed by atoms with van der Waals surface area (Å²) in [5.41, 5.74) is 2.44. The van der Waals surface area contributed by atoms with Crippen LogP contribution in [-0.2, 0) is 22.6 Å². The Morgan fingerprint density at radius 1 is 1.19 bits per heavy atom. The third kappa shape index (κ3) is 3.93. The second kappa shape index (κ2) is 6.87. The molecule has 1 amide bonds. The van der Waals surface area contributed by atoms with E-state index < -0.39 is 0 Å². The second-order valence-corrected chi connectivity index (χ2v) is 6.13. The lowest BCUT2D eigenvalue weighted by molar-refractivity contribution is -0.145. The highest BCUT2D eigenvalue weighted by atomic mass is 32.1. The van der Waals surface area contributed by atoms with E-state index in [2.05, 4.69) is 29.0 Å². The summed E-state index contributed by atoms with van der Waals surface area (Å²) in [6.45, 7) is 2.09. The zero-order valence-corrected chi connectivity index (χ0v) is 12.7. The van der Waals surface area contributed by atoms with Crippen molar-refractivity contribution in [3.63, 3.8) is 0 Å². The number of ether oxygens (including phenoxy) is 1. The maximum Gasteiger partial charge on any atom is 0.223 e. The van der Waals surface area contributed by atoms with E-state index in [9.17, 15) is 4.79 Å². The van der Waals surface area contributed by atoms with Crippen LogP contribution in [0.4, 0.5) is 0 Å². The summed E-state index contributed by atoms with van der Waals surface area (Å²) >= 11 is 1.68. The van der Waals surface area contributed by atoms with Crippen molar-refractivity contribution in [1.29, 1.82) is 0 Å². The Balaban J connectivity index is 1.34. The lowest BCUT2D eigenvalue weighted by Crippen LogP contribution is -2.54. The molecule has 0 radical (unpaired) electrons. The lowest BCUT2D eigenvalue weighted by Gasteiger charge is -2.39. The molecule has 0 spiro atoms. The Morgan fingerprint density at radius 2 is 2.00 bits per heavy atom. The van der Waals surface area contributed by atoms with Crippen LogP contribution in [0.15, 0.2) is 47.2 Å². The molecular formula is C17H19NO2S. The number of rotatable bonds is 6. The summed E-state index contributed by atoms with van der Waals surface area (Å²) in [5.74, 6) is 0.237. The second-order valence-electron chi connectivity index (χ2n) is 5.35. The molecule has 0 aliphatic carbocycles. The van der Waals surface area contributed by atoms with Gasteiger partial charge in [-0.3, -0.25) is 4.79 Å². The molecule has 0 bridgehead atoms. The van der Waals surface area contributed by atoms with Gasteiger partial charge in [0.1, 0.15) is 0 Å². The molecule has 2 heterocycles. The van der Waals surface area contributed by atoms with Crippen LogP contribution in [0.2, 0.25) is 0 Å².